The van der Waals surface area contributed by atoms with Crippen molar-refractivity contribution >= 4 is 0 Å². The molecular weight excluding hydrogens is 246 g/mol. The molecule has 4 fully saturated rings. The van der Waals surface area contributed by atoms with Crippen LogP contribution in [0.15, 0.2) is 6.33 Å². The van der Waals surface area contributed by atoms with Gasteiger partial charge in [0.05, 0.1) is 12.0 Å². The Bertz CT molecular complexity index is 476. The molecule has 1 unspecified atom stereocenters. The second-order valence-electron chi connectivity index (χ2n) is 7.74. The van der Waals surface area contributed by atoms with Gasteiger partial charge >= 0.3 is 0 Å². The zero-order chi connectivity index (χ0) is 13.9. The number of hydrogen-bond acceptors (Lipinski definition) is 2. The largest absolute Gasteiger partial charge is 0.333 e. The van der Waals surface area contributed by atoms with Gasteiger partial charge in [0.2, 0.25) is 0 Å². The predicted octanol–water partition coefficient (Wildman–Crippen LogP) is 2.90. The van der Waals surface area contributed by atoms with Crippen LogP contribution in [0.1, 0.15) is 43.5 Å². The lowest BCUT2D eigenvalue weighted by Crippen LogP contribution is -2.52. The summed E-state index contributed by atoms with van der Waals surface area (Å²) in [5.41, 5.74) is 9.08. The molecule has 4 bridgehead atoms. The van der Waals surface area contributed by atoms with Gasteiger partial charge in [0.15, 0.2) is 0 Å². The molecule has 3 heteroatoms. The standard InChI is InChI=1S/C17H27N3/c1-10-11(2)20(9-19-10)8-16(18)17-14-4-12-3-13(6-14)7-15(17)5-12/h9,12-17H,3-8,18H2,1-2H3. The smallest absolute Gasteiger partial charge is 0.0951 e. The average Bonchev–Trinajstić information content (AvgIpc) is 2.69. The molecule has 1 atom stereocenters. The molecule has 0 saturated heterocycles. The first-order valence-corrected chi connectivity index (χ1v) is 8.35. The minimum Gasteiger partial charge on any atom is -0.333 e. The lowest BCUT2D eigenvalue weighted by Gasteiger charge is -2.56. The number of aryl methyl sites for hydroxylation is 1. The van der Waals surface area contributed by atoms with Crippen molar-refractivity contribution < 1.29 is 0 Å². The molecular formula is C17H27N3. The van der Waals surface area contributed by atoms with Crippen molar-refractivity contribution in [2.45, 2.75) is 58.5 Å². The highest BCUT2D eigenvalue weighted by molar-refractivity contribution is 5.09. The Labute approximate surface area is 122 Å². The van der Waals surface area contributed by atoms with Gasteiger partial charge in [-0.3, -0.25) is 0 Å². The molecule has 4 aliphatic carbocycles. The molecule has 4 aliphatic rings. The van der Waals surface area contributed by atoms with Gasteiger partial charge in [0.25, 0.3) is 0 Å². The molecule has 1 aromatic rings. The lowest BCUT2D eigenvalue weighted by molar-refractivity contribution is -0.0485. The summed E-state index contributed by atoms with van der Waals surface area (Å²) in [4.78, 5) is 4.41. The molecule has 20 heavy (non-hydrogen) atoms. The molecule has 4 saturated carbocycles. The molecule has 0 amide bonds. The van der Waals surface area contributed by atoms with Crippen molar-refractivity contribution in [2.24, 2.45) is 35.3 Å². The first kappa shape index (κ1) is 12.9. The molecule has 0 aliphatic heterocycles. The SMILES string of the molecule is Cc1ncn(CC(N)C2C3CC4CC(C3)CC2C4)c1C. The Balaban J connectivity index is 1.51. The number of nitrogens with two attached hydrogens (primary N) is 1. The van der Waals surface area contributed by atoms with Crippen LogP contribution >= 0.6 is 0 Å². The molecule has 0 radical (unpaired) electrons. The van der Waals surface area contributed by atoms with Crippen molar-refractivity contribution in [2.75, 3.05) is 0 Å². The van der Waals surface area contributed by atoms with Gasteiger partial charge in [-0.05, 0) is 75.5 Å². The van der Waals surface area contributed by atoms with Crippen LogP contribution in [0.4, 0.5) is 0 Å². The van der Waals surface area contributed by atoms with E-state index in [-0.39, 0.29) is 0 Å². The van der Waals surface area contributed by atoms with Crippen LogP contribution in [-0.2, 0) is 6.54 Å². The van der Waals surface area contributed by atoms with E-state index in [1.165, 1.54) is 37.8 Å². The summed E-state index contributed by atoms with van der Waals surface area (Å²) >= 11 is 0. The minimum absolute atomic E-state index is 0.317. The van der Waals surface area contributed by atoms with E-state index in [9.17, 15) is 0 Å². The van der Waals surface area contributed by atoms with Gasteiger partial charge in [0.1, 0.15) is 0 Å². The summed E-state index contributed by atoms with van der Waals surface area (Å²) in [7, 11) is 0. The minimum atomic E-state index is 0.317. The molecule has 5 rings (SSSR count). The highest BCUT2D eigenvalue weighted by atomic mass is 15.1. The Morgan fingerprint density at radius 3 is 2.25 bits per heavy atom. The molecule has 0 aromatic carbocycles. The highest BCUT2D eigenvalue weighted by Gasteiger charge is 2.49. The zero-order valence-corrected chi connectivity index (χ0v) is 12.8. The van der Waals surface area contributed by atoms with E-state index in [0.29, 0.717) is 6.04 Å². The topological polar surface area (TPSA) is 43.8 Å². The van der Waals surface area contributed by atoms with Crippen LogP contribution in [0.3, 0.4) is 0 Å². The molecule has 1 heterocycles. The fourth-order valence-electron chi connectivity index (χ4n) is 5.74. The second-order valence-corrected chi connectivity index (χ2v) is 7.74. The summed E-state index contributed by atoms with van der Waals surface area (Å²) in [6, 6.07) is 0.317. The van der Waals surface area contributed by atoms with E-state index in [1.54, 1.807) is 0 Å². The van der Waals surface area contributed by atoms with Gasteiger partial charge in [-0.15, -0.1) is 0 Å². The van der Waals surface area contributed by atoms with Crippen LogP contribution < -0.4 is 5.73 Å². The third kappa shape index (κ3) is 1.93. The van der Waals surface area contributed by atoms with Crippen LogP contribution in [0.25, 0.3) is 0 Å². The average molecular weight is 273 g/mol. The summed E-state index contributed by atoms with van der Waals surface area (Å²) < 4.78 is 2.27. The van der Waals surface area contributed by atoms with Crippen molar-refractivity contribution in [1.29, 1.82) is 0 Å². The summed E-state index contributed by atoms with van der Waals surface area (Å²) in [6.45, 7) is 5.20. The first-order valence-electron chi connectivity index (χ1n) is 8.35. The third-order valence-electron chi connectivity index (χ3n) is 6.55. The molecule has 0 spiro atoms. The number of rotatable bonds is 3. The van der Waals surface area contributed by atoms with Crippen molar-refractivity contribution in [1.82, 2.24) is 9.55 Å². The highest BCUT2D eigenvalue weighted by Crippen LogP contribution is 2.57. The molecule has 2 N–H and O–H groups in total. The Hall–Kier alpha value is -0.830. The number of nitrogens with zero attached hydrogens (tertiary/aromatic N) is 2. The predicted molar refractivity (Wildman–Crippen MR) is 80.2 cm³/mol. The number of imidazole rings is 1. The Morgan fingerprint density at radius 1 is 1.15 bits per heavy atom. The maximum Gasteiger partial charge on any atom is 0.0951 e. The van der Waals surface area contributed by atoms with E-state index in [0.717, 1.165) is 41.8 Å². The fourth-order valence-corrected chi connectivity index (χ4v) is 5.74. The summed E-state index contributed by atoms with van der Waals surface area (Å²) in [5.74, 6) is 4.69. The Morgan fingerprint density at radius 2 is 1.75 bits per heavy atom. The van der Waals surface area contributed by atoms with E-state index in [1.807, 2.05) is 6.33 Å². The molecule has 1 aromatic heterocycles. The van der Waals surface area contributed by atoms with Gasteiger partial charge in [-0.25, -0.2) is 4.98 Å². The van der Waals surface area contributed by atoms with E-state index >= 15 is 0 Å². The monoisotopic (exact) mass is 273 g/mol. The third-order valence-corrected chi connectivity index (χ3v) is 6.55. The van der Waals surface area contributed by atoms with Gasteiger partial charge in [-0.1, -0.05) is 0 Å². The normalized spacial score (nSPS) is 40.2. The van der Waals surface area contributed by atoms with Crippen molar-refractivity contribution in [3.05, 3.63) is 17.7 Å². The van der Waals surface area contributed by atoms with Crippen LogP contribution in [0.5, 0.6) is 0 Å². The van der Waals surface area contributed by atoms with Gasteiger partial charge in [-0.2, -0.15) is 0 Å². The zero-order valence-electron chi connectivity index (χ0n) is 12.8. The van der Waals surface area contributed by atoms with Gasteiger partial charge in [0, 0.05) is 18.3 Å². The molecule has 110 valence electrons. The lowest BCUT2D eigenvalue weighted by atomic mass is 9.50. The summed E-state index contributed by atoms with van der Waals surface area (Å²) in [5, 5.41) is 0. The maximum atomic E-state index is 6.66. The first-order chi connectivity index (χ1) is 9.61. The summed E-state index contributed by atoms with van der Waals surface area (Å²) in [6.07, 6.45) is 9.36. The maximum absolute atomic E-state index is 6.66. The van der Waals surface area contributed by atoms with E-state index in [4.69, 9.17) is 5.73 Å². The molecule has 3 nitrogen and oxygen atoms in total. The van der Waals surface area contributed by atoms with Crippen molar-refractivity contribution in [3.8, 4) is 0 Å². The van der Waals surface area contributed by atoms with Crippen molar-refractivity contribution in [3.63, 3.8) is 0 Å². The van der Waals surface area contributed by atoms with Gasteiger partial charge < -0.3 is 10.3 Å². The Kier molecular flexibility index (Phi) is 2.95. The number of aromatic nitrogens is 2. The van der Waals surface area contributed by atoms with E-state index in [2.05, 4.69) is 23.4 Å². The van der Waals surface area contributed by atoms with Crippen LogP contribution in [0, 0.1) is 43.4 Å². The van der Waals surface area contributed by atoms with E-state index < -0.39 is 0 Å². The fraction of sp³-hybridized carbons (Fsp3) is 0.824. The second kappa shape index (κ2) is 4.59. The van der Waals surface area contributed by atoms with Crippen LogP contribution in [-0.4, -0.2) is 15.6 Å². The quantitative estimate of drug-likeness (QED) is 0.920. The van der Waals surface area contributed by atoms with Crippen LogP contribution in [0.2, 0.25) is 0 Å². The number of hydrogen-bond donors (Lipinski definition) is 1.